The van der Waals surface area contributed by atoms with Crippen molar-refractivity contribution in [3.05, 3.63) is 29.8 Å². The third kappa shape index (κ3) is 4.47. The Balaban J connectivity index is 1.39. The van der Waals surface area contributed by atoms with E-state index in [0.29, 0.717) is 11.7 Å². The molecule has 1 N–H and O–H groups in total. The van der Waals surface area contributed by atoms with Crippen LogP contribution in [0.4, 0.5) is 5.69 Å². The fourth-order valence-electron chi connectivity index (χ4n) is 3.21. The second-order valence-corrected chi connectivity index (χ2v) is 6.36. The van der Waals surface area contributed by atoms with Crippen LogP contribution < -0.4 is 5.32 Å². The van der Waals surface area contributed by atoms with Crippen LogP contribution in [-0.4, -0.2) is 67.7 Å². The molecule has 6 heteroatoms. The van der Waals surface area contributed by atoms with Gasteiger partial charge in [-0.1, -0.05) is 0 Å². The highest BCUT2D eigenvalue weighted by molar-refractivity contribution is 5.81. The Labute approximate surface area is 143 Å². The van der Waals surface area contributed by atoms with Gasteiger partial charge in [0.05, 0.1) is 24.3 Å². The lowest BCUT2D eigenvalue weighted by molar-refractivity contribution is -0.131. The van der Waals surface area contributed by atoms with E-state index in [9.17, 15) is 4.79 Å². The fourth-order valence-corrected chi connectivity index (χ4v) is 3.21. The molecule has 24 heavy (non-hydrogen) atoms. The number of carbonyl (C=O) groups is 1. The van der Waals surface area contributed by atoms with Gasteiger partial charge in [0.2, 0.25) is 5.91 Å². The van der Waals surface area contributed by atoms with Crippen molar-refractivity contribution in [2.75, 3.05) is 51.2 Å². The number of nitrogens with one attached hydrogen (secondary N) is 1. The second-order valence-electron chi connectivity index (χ2n) is 6.36. The first-order valence-electron chi connectivity index (χ1n) is 8.60. The zero-order valence-corrected chi connectivity index (χ0v) is 13.9. The van der Waals surface area contributed by atoms with Crippen molar-refractivity contribution in [1.82, 2.24) is 9.80 Å². The highest BCUT2D eigenvalue weighted by atomic mass is 16.5. The van der Waals surface area contributed by atoms with Crippen LogP contribution in [0.25, 0.3) is 0 Å². The Hall–Kier alpha value is -2.10. The van der Waals surface area contributed by atoms with Gasteiger partial charge in [-0.3, -0.25) is 9.69 Å². The van der Waals surface area contributed by atoms with Gasteiger partial charge in [0, 0.05) is 45.0 Å². The molecule has 2 aliphatic rings. The molecule has 1 aromatic carbocycles. The topological polar surface area (TPSA) is 68.6 Å². The molecule has 1 atom stereocenters. The Kier molecular flexibility index (Phi) is 5.68. The molecule has 128 valence electrons. The van der Waals surface area contributed by atoms with Gasteiger partial charge in [-0.2, -0.15) is 5.26 Å². The van der Waals surface area contributed by atoms with Gasteiger partial charge in [-0.15, -0.1) is 0 Å². The number of nitrogens with zero attached hydrogens (tertiary/aromatic N) is 3. The minimum absolute atomic E-state index is 0.121. The van der Waals surface area contributed by atoms with Crippen molar-refractivity contribution < 1.29 is 9.53 Å². The monoisotopic (exact) mass is 328 g/mol. The molecule has 0 aromatic heterocycles. The average molecular weight is 328 g/mol. The van der Waals surface area contributed by atoms with Crippen molar-refractivity contribution in [3.8, 4) is 6.07 Å². The van der Waals surface area contributed by atoms with Crippen LogP contribution in [0.15, 0.2) is 24.3 Å². The molecule has 6 nitrogen and oxygen atoms in total. The first kappa shape index (κ1) is 16.7. The number of anilines is 1. The molecule has 0 saturated carbocycles. The van der Waals surface area contributed by atoms with Crippen LogP contribution in [0, 0.1) is 11.3 Å². The lowest BCUT2D eigenvalue weighted by Crippen LogP contribution is -2.51. The standard InChI is InChI=1S/C18H24N4O2/c19-12-15-3-5-16(6-4-15)20-13-18(23)22-9-7-21(8-10-22)14-17-2-1-11-24-17/h3-6,17,20H,1-2,7-11,13-14H2/t17-/m1/s1. The lowest BCUT2D eigenvalue weighted by atomic mass is 10.2. The fraction of sp³-hybridized carbons (Fsp3) is 0.556. The normalized spacial score (nSPS) is 21.5. The Morgan fingerprint density at radius 2 is 2.00 bits per heavy atom. The second kappa shape index (κ2) is 8.13. The third-order valence-electron chi connectivity index (χ3n) is 4.67. The zero-order chi connectivity index (χ0) is 16.8. The first-order valence-corrected chi connectivity index (χ1v) is 8.60. The van der Waals surface area contributed by atoms with E-state index in [1.54, 1.807) is 12.1 Å². The summed E-state index contributed by atoms with van der Waals surface area (Å²) < 4.78 is 5.68. The molecule has 2 aliphatic heterocycles. The molecule has 0 radical (unpaired) electrons. The molecule has 0 bridgehead atoms. The highest BCUT2D eigenvalue weighted by Crippen LogP contribution is 2.14. The number of piperazine rings is 1. The molecular formula is C18H24N4O2. The summed E-state index contributed by atoms with van der Waals surface area (Å²) in [5, 5.41) is 11.9. The summed E-state index contributed by atoms with van der Waals surface area (Å²) in [5.41, 5.74) is 1.48. The average Bonchev–Trinajstić information content (AvgIpc) is 3.14. The van der Waals surface area contributed by atoms with Gasteiger partial charge < -0.3 is 15.0 Å². The van der Waals surface area contributed by atoms with Gasteiger partial charge in [-0.05, 0) is 37.1 Å². The summed E-state index contributed by atoms with van der Waals surface area (Å²) in [6.07, 6.45) is 2.71. The van der Waals surface area contributed by atoms with Crippen LogP contribution >= 0.6 is 0 Å². The van der Waals surface area contributed by atoms with E-state index in [1.807, 2.05) is 17.0 Å². The maximum atomic E-state index is 12.3. The molecule has 3 rings (SSSR count). The van der Waals surface area contributed by atoms with E-state index >= 15 is 0 Å². The summed E-state index contributed by atoms with van der Waals surface area (Å²) in [5.74, 6) is 0.121. The molecule has 0 unspecified atom stereocenters. The first-order chi connectivity index (χ1) is 11.7. The van der Waals surface area contributed by atoms with Crippen LogP contribution in [0.2, 0.25) is 0 Å². The smallest absolute Gasteiger partial charge is 0.241 e. The number of benzene rings is 1. The van der Waals surface area contributed by atoms with Crippen molar-refractivity contribution in [3.63, 3.8) is 0 Å². The molecule has 2 fully saturated rings. The lowest BCUT2D eigenvalue weighted by Gasteiger charge is -2.35. The van der Waals surface area contributed by atoms with Gasteiger partial charge in [-0.25, -0.2) is 0 Å². The van der Waals surface area contributed by atoms with Crippen molar-refractivity contribution in [2.45, 2.75) is 18.9 Å². The highest BCUT2D eigenvalue weighted by Gasteiger charge is 2.24. The Morgan fingerprint density at radius 3 is 2.62 bits per heavy atom. The summed E-state index contributed by atoms with van der Waals surface area (Å²) in [7, 11) is 0. The third-order valence-corrected chi connectivity index (χ3v) is 4.67. The Morgan fingerprint density at radius 1 is 1.25 bits per heavy atom. The number of hydrogen-bond donors (Lipinski definition) is 1. The van der Waals surface area contributed by atoms with E-state index in [1.165, 1.54) is 6.42 Å². The number of nitriles is 1. The molecular weight excluding hydrogens is 304 g/mol. The van der Waals surface area contributed by atoms with Crippen LogP contribution in [0.1, 0.15) is 18.4 Å². The zero-order valence-electron chi connectivity index (χ0n) is 13.9. The number of ether oxygens (including phenoxy) is 1. The summed E-state index contributed by atoms with van der Waals surface area (Å²) in [4.78, 5) is 16.6. The van der Waals surface area contributed by atoms with Crippen LogP contribution in [-0.2, 0) is 9.53 Å². The maximum absolute atomic E-state index is 12.3. The van der Waals surface area contributed by atoms with Crippen LogP contribution in [0.3, 0.4) is 0 Å². The SMILES string of the molecule is N#Cc1ccc(NCC(=O)N2CCN(C[C@H]3CCCO3)CC2)cc1. The predicted molar refractivity (Wildman–Crippen MR) is 91.6 cm³/mol. The molecule has 1 aromatic rings. The number of amides is 1. The van der Waals surface area contributed by atoms with E-state index in [4.69, 9.17) is 10.00 Å². The minimum Gasteiger partial charge on any atom is -0.377 e. The molecule has 2 heterocycles. The molecule has 0 spiro atoms. The van der Waals surface area contributed by atoms with Gasteiger partial charge in [0.1, 0.15) is 0 Å². The van der Waals surface area contributed by atoms with Gasteiger partial charge in [0.15, 0.2) is 0 Å². The van der Waals surface area contributed by atoms with Gasteiger partial charge in [0.25, 0.3) is 0 Å². The number of hydrogen-bond acceptors (Lipinski definition) is 5. The molecule has 0 aliphatic carbocycles. The predicted octanol–water partition coefficient (Wildman–Crippen LogP) is 1.29. The van der Waals surface area contributed by atoms with Crippen molar-refractivity contribution >= 4 is 11.6 Å². The van der Waals surface area contributed by atoms with Gasteiger partial charge >= 0.3 is 0 Å². The van der Waals surface area contributed by atoms with E-state index in [-0.39, 0.29) is 12.5 Å². The maximum Gasteiger partial charge on any atom is 0.241 e. The minimum atomic E-state index is 0.121. The molecule has 1 amide bonds. The largest absolute Gasteiger partial charge is 0.377 e. The van der Waals surface area contributed by atoms with Crippen molar-refractivity contribution in [2.24, 2.45) is 0 Å². The van der Waals surface area contributed by atoms with E-state index in [0.717, 1.165) is 51.4 Å². The number of rotatable bonds is 5. The summed E-state index contributed by atoms with van der Waals surface area (Å²) in [6, 6.07) is 9.23. The van der Waals surface area contributed by atoms with Crippen LogP contribution in [0.5, 0.6) is 0 Å². The summed E-state index contributed by atoms with van der Waals surface area (Å²) in [6.45, 7) is 5.57. The van der Waals surface area contributed by atoms with E-state index < -0.39 is 0 Å². The Bertz CT molecular complexity index is 582. The van der Waals surface area contributed by atoms with E-state index in [2.05, 4.69) is 16.3 Å². The van der Waals surface area contributed by atoms with Crippen molar-refractivity contribution in [1.29, 1.82) is 5.26 Å². The molecule has 2 saturated heterocycles. The number of carbonyl (C=O) groups excluding carboxylic acids is 1. The summed E-state index contributed by atoms with van der Waals surface area (Å²) >= 11 is 0. The quantitative estimate of drug-likeness (QED) is 0.882.